The number of anilines is 1. The molecule has 1 amide bonds. The fourth-order valence-electron chi connectivity index (χ4n) is 2.16. The summed E-state index contributed by atoms with van der Waals surface area (Å²) < 4.78 is 5.01. The summed E-state index contributed by atoms with van der Waals surface area (Å²) in [7, 11) is 0. The highest BCUT2D eigenvalue weighted by molar-refractivity contribution is 6.31. The van der Waals surface area contributed by atoms with Crippen LogP contribution in [0.15, 0.2) is 18.2 Å². The molecule has 1 aliphatic heterocycles. The summed E-state index contributed by atoms with van der Waals surface area (Å²) in [4.78, 5) is 25.4. The number of hydrogen-bond acceptors (Lipinski definition) is 4. The maximum atomic E-state index is 11.9. The van der Waals surface area contributed by atoms with Crippen molar-refractivity contribution in [3.8, 4) is 0 Å². The lowest BCUT2D eigenvalue weighted by atomic mass is 10.1. The minimum atomic E-state index is -0.607. The normalized spacial score (nSPS) is 14.9. The van der Waals surface area contributed by atoms with E-state index in [4.69, 9.17) is 22.1 Å². The van der Waals surface area contributed by atoms with Crippen LogP contribution < -0.4 is 5.73 Å². The molecule has 1 fully saturated rings. The summed E-state index contributed by atoms with van der Waals surface area (Å²) in [5.74, 6) is -0.768. The number of ether oxygens (including phenoxy) is 1. The zero-order valence-electron chi connectivity index (χ0n) is 11.1. The van der Waals surface area contributed by atoms with Crippen LogP contribution >= 0.6 is 11.6 Å². The molecule has 0 atom stereocenters. The smallest absolute Gasteiger partial charge is 0.340 e. The van der Waals surface area contributed by atoms with Crippen molar-refractivity contribution in [3.05, 3.63) is 28.8 Å². The van der Waals surface area contributed by atoms with Crippen molar-refractivity contribution in [2.24, 2.45) is 0 Å². The van der Waals surface area contributed by atoms with Gasteiger partial charge < -0.3 is 15.4 Å². The first-order valence-corrected chi connectivity index (χ1v) is 6.95. The van der Waals surface area contributed by atoms with E-state index in [0.29, 0.717) is 5.02 Å². The van der Waals surface area contributed by atoms with Gasteiger partial charge in [-0.2, -0.15) is 0 Å². The van der Waals surface area contributed by atoms with E-state index in [9.17, 15) is 9.59 Å². The SMILES string of the molecule is Nc1cc(Cl)ccc1C(=O)OCC(=O)N1CCCCC1. The third-order valence-electron chi connectivity index (χ3n) is 3.27. The van der Waals surface area contributed by atoms with Gasteiger partial charge in [0.15, 0.2) is 6.61 Å². The maximum Gasteiger partial charge on any atom is 0.340 e. The molecule has 5 nitrogen and oxygen atoms in total. The number of piperidine rings is 1. The Morgan fingerprint density at radius 1 is 1.25 bits per heavy atom. The first kappa shape index (κ1) is 14.7. The number of benzene rings is 1. The molecule has 0 unspecified atom stereocenters. The van der Waals surface area contributed by atoms with Crippen molar-refractivity contribution in [3.63, 3.8) is 0 Å². The lowest BCUT2D eigenvalue weighted by Crippen LogP contribution is -2.38. The lowest BCUT2D eigenvalue weighted by Gasteiger charge is -2.26. The average molecular weight is 297 g/mol. The van der Waals surface area contributed by atoms with Crippen LogP contribution in [-0.2, 0) is 9.53 Å². The molecule has 1 aliphatic rings. The maximum absolute atomic E-state index is 11.9. The summed E-state index contributed by atoms with van der Waals surface area (Å²) in [5, 5.41) is 0.448. The highest BCUT2D eigenvalue weighted by Crippen LogP contribution is 2.19. The molecule has 2 rings (SSSR count). The number of nitrogens with two attached hydrogens (primary N) is 1. The number of carbonyl (C=O) groups excluding carboxylic acids is 2. The van der Waals surface area contributed by atoms with Crippen LogP contribution in [0.3, 0.4) is 0 Å². The zero-order chi connectivity index (χ0) is 14.5. The molecule has 0 spiro atoms. The summed E-state index contributed by atoms with van der Waals surface area (Å²) in [6.07, 6.45) is 3.15. The largest absolute Gasteiger partial charge is 0.452 e. The van der Waals surface area contributed by atoms with Gasteiger partial charge in [-0.1, -0.05) is 11.6 Å². The van der Waals surface area contributed by atoms with Crippen LogP contribution in [0.2, 0.25) is 5.02 Å². The molecule has 1 aromatic rings. The topological polar surface area (TPSA) is 72.6 Å². The molecule has 0 saturated carbocycles. The van der Waals surface area contributed by atoms with Crippen LogP contribution in [0.25, 0.3) is 0 Å². The molecule has 0 aromatic heterocycles. The number of nitrogens with zero attached hydrogens (tertiary/aromatic N) is 1. The quantitative estimate of drug-likeness (QED) is 0.685. The molecule has 0 bridgehead atoms. The molecular weight excluding hydrogens is 280 g/mol. The molecule has 1 saturated heterocycles. The van der Waals surface area contributed by atoms with Crippen LogP contribution in [0.1, 0.15) is 29.6 Å². The van der Waals surface area contributed by atoms with E-state index in [1.165, 1.54) is 12.1 Å². The van der Waals surface area contributed by atoms with Gasteiger partial charge in [0.05, 0.1) is 5.56 Å². The Hall–Kier alpha value is -1.75. The van der Waals surface area contributed by atoms with Crippen molar-refractivity contribution in [1.29, 1.82) is 0 Å². The fraction of sp³-hybridized carbons (Fsp3) is 0.429. The van der Waals surface area contributed by atoms with Crippen molar-refractivity contribution in [2.75, 3.05) is 25.4 Å². The van der Waals surface area contributed by atoms with Crippen molar-refractivity contribution >= 4 is 29.2 Å². The Balaban J connectivity index is 1.89. The second-order valence-electron chi connectivity index (χ2n) is 4.75. The summed E-state index contributed by atoms with van der Waals surface area (Å²) in [5.41, 5.74) is 6.16. The Bertz CT molecular complexity index is 513. The fourth-order valence-corrected chi connectivity index (χ4v) is 2.34. The lowest BCUT2D eigenvalue weighted by molar-refractivity contribution is -0.135. The summed E-state index contributed by atoms with van der Waals surface area (Å²) in [6, 6.07) is 4.52. The van der Waals surface area contributed by atoms with Gasteiger partial charge >= 0.3 is 5.97 Å². The Labute approximate surface area is 122 Å². The molecule has 20 heavy (non-hydrogen) atoms. The molecular formula is C14H17ClN2O3. The molecule has 6 heteroatoms. The van der Waals surface area contributed by atoms with Gasteiger partial charge in [-0.05, 0) is 37.5 Å². The minimum absolute atomic E-state index is 0.161. The van der Waals surface area contributed by atoms with E-state index in [1.54, 1.807) is 11.0 Å². The van der Waals surface area contributed by atoms with E-state index >= 15 is 0 Å². The minimum Gasteiger partial charge on any atom is -0.452 e. The van der Waals surface area contributed by atoms with E-state index < -0.39 is 5.97 Å². The highest BCUT2D eigenvalue weighted by atomic mass is 35.5. The number of likely N-dealkylation sites (tertiary alicyclic amines) is 1. The van der Waals surface area contributed by atoms with Crippen molar-refractivity contribution < 1.29 is 14.3 Å². The van der Waals surface area contributed by atoms with Crippen LogP contribution in [-0.4, -0.2) is 36.5 Å². The van der Waals surface area contributed by atoms with Gasteiger partial charge in [0.2, 0.25) is 0 Å². The van der Waals surface area contributed by atoms with Gasteiger partial charge in [0, 0.05) is 23.8 Å². The Morgan fingerprint density at radius 3 is 2.60 bits per heavy atom. The number of carbonyl (C=O) groups is 2. The molecule has 0 radical (unpaired) electrons. The second kappa shape index (κ2) is 6.61. The van der Waals surface area contributed by atoms with Crippen molar-refractivity contribution in [1.82, 2.24) is 4.90 Å². The third-order valence-corrected chi connectivity index (χ3v) is 3.50. The molecule has 0 aliphatic carbocycles. The van der Waals surface area contributed by atoms with E-state index in [1.807, 2.05) is 0 Å². The monoisotopic (exact) mass is 296 g/mol. The van der Waals surface area contributed by atoms with E-state index in [0.717, 1.165) is 32.4 Å². The zero-order valence-corrected chi connectivity index (χ0v) is 11.9. The van der Waals surface area contributed by atoms with Gasteiger partial charge in [-0.15, -0.1) is 0 Å². The number of rotatable bonds is 3. The molecule has 2 N–H and O–H groups in total. The number of esters is 1. The number of nitrogen functional groups attached to an aromatic ring is 1. The van der Waals surface area contributed by atoms with Gasteiger partial charge in [0.25, 0.3) is 5.91 Å². The van der Waals surface area contributed by atoms with Gasteiger partial charge in [-0.3, -0.25) is 4.79 Å². The van der Waals surface area contributed by atoms with Gasteiger partial charge in [-0.25, -0.2) is 4.79 Å². The van der Waals surface area contributed by atoms with Crippen molar-refractivity contribution in [2.45, 2.75) is 19.3 Å². The third kappa shape index (κ3) is 3.63. The summed E-state index contributed by atoms with van der Waals surface area (Å²) in [6.45, 7) is 1.22. The van der Waals surface area contributed by atoms with Crippen LogP contribution in [0, 0.1) is 0 Å². The Morgan fingerprint density at radius 2 is 1.95 bits per heavy atom. The summed E-state index contributed by atoms with van der Waals surface area (Å²) >= 11 is 5.76. The van der Waals surface area contributed by atoms with Crippen LogP contribution in [0.4, 0.5) is 5.69 Å². The molecule has 1 aromatic carbocycles. The first-order valence-electron chi connectivity index (χ1n) is 6.58. The highest BCUT2D eigenvalue weighted by Gasteiger charge is 2.19. The number of hydrogen-bond donors (Lipinski definition) is 1. The van der Waals surface area contributed by atoms with Gasteiger partial charge in [0.1, 0.15) is 0 Å². The molecule has 1 heterocycles. The average Bonchev–Trinajstić information content (AvgIpc) is 2.45. The second-order valence-corrected chi connectivity index (χ2v) is 5.19. The first-order chi connectivity index (χ1) is 9.58. The van der Waals surface area contributed by atoms with E-state index in [-0.39, 0.29) is 23.8 Å². The number of amides is 1. The Kier molecular flexibility index (Phi) is 4.84. The predicted octanol–water partition coefficient (Wildman–Crippen LogP) is 2.09. The predicted molar refractivity (Wildman–Crippen MR) is 76.6 cm³/mol. The standard InChI is InChI=1S/C14H17ClN2O3/c15-10-4-5-11(12(16)8-10)14(19)20-9-13(18)17-6-2-1-3-7-17/h4-5,8H,1-3,6-7,9,16H2. The van der Waals surface area contributed by atoms with Crippen LogP contribution in [0.5, 0.6) is 0 Å². The molecule has 108 valence electrons. The van der Waals surface area contributed by atoms with E-state index in [2.05, 4.69) is 0 Å². The number of halogens is 1.